The Morgan fingerprint density at radius 3 is 2.75 bits per heavy atom. The van der Waals surface area contributed by atoms with E-state index in [-0.39, 0.29) is 29.1 Å². The van der Waals surface area contributed by atoms with Gasteiger partial charge in [-0.15, -0.1) is 0 Å². The van der Waals surface area contributed by atoms with Crippen molar-refractivity contribution in [3.63, 3.8) is 0 Å². The Morgan fingerprint density at radius 2 is 1.97 bits per heavy atom. The quantitative estimate of drug-likeness (QED) is 0.634. The topological polar surface area (TPSA) is 134 Å². The lowest BCUT2D eigenvalue weighted by molar-refractivity contribution is -0.146. The fourth-order valence-corrected chi connectivity index (χ4v) is 4.29. The molecule has 9 nitrogen and oxygen atoms in total. The number of nitrogens with two attached hydrogens (primary N) is 1. The minimum Gasteiger partial charge on any atom is -0.366 e. The highest BCUT2D eigenvalue weighted by Gasteiger charge is 2.34. The van der Waals surface area contributed by atoms with Crippen molar-refractivity contribution in [1.82, 2.24) is 9.88 Å². The number of carbonyl (C=O) groups excluding carboxylic acids is 4. The van der Waals surface area contributed by atoms with E-state index in [1.54, 1.807) is 4.90 Å². The monoisotopic (exact) mass is 435 g/mol. The van der Waals surface area contributed by atoms with E-state index in [2.05, 4.69) is 22.5 Å². The zero-order chi connectivity index (χ0) is 22.8. The lowest BCUT2D eigenvalue weighted by Crippen LogP contribution is -2.46. The molecule has 9 heteroatoms. The van der Waals surface area contributed by atoms with E-state index in [0.29, 0.717) is 19.4 Å². The predicted molar refractivity (Wildman–Crippen MR) is 118 cm³/mol. The number of anilines is 2. The molecule has 0 aliphatic carbocycles. The lowest BCUT2D eigenvalue weighted by Gasteiger charge is -2.39. The molecule has 1 saturated heterocycles. The number of likely N-dealkylation sites (tertiary alicyclic amines) is 1. The largest absolute Gasteiger partial charge is 0.366 e. The molecule has 1 aromatic carbocycles. The third-order valence-corrected chi connectivity index (χ3v) is 5.96. The van der Waals surface area contributed by atoms with Crippen LogP contribution in [-0.2, 0) is 20.8 Å². The van der Waals surface area contributed by atoms with Gasteiger partial charge in [-0.1, -0.05) is 19.1 Å². The predicted octanol–water partition coefficient (Wildman–Crippen LogP) is 2.00. The summed E-state index contributed by atoms with van der Waals surface area (Å²) in [5, 5.41) is 5.39. The molecule has 2 aliphatic heterocycles. The Morgan fingerprint density at radius 1 is 1.16 bits per heavy atom. The maximum absolute atomic E-state index is 13.1. The number of nitrogens with zero attached hydrogens (tertiary/aromatic N) is 2. The van der Waals surface area contributed by atoms with Crippen LogP contribution in [0.5, 0.6) is 0 Å². The Hall–Kier alpha value is -3.75. The van der Waals surface area contributed by atoms with Gasteiger partial charge in [0.1, 0.15) is 0 Å². The van der Waals surface area contributed by atoms with E-state index in [1.165, 1.54) is 18.5 Å². The zero-order valence-corrected chi connectivity index (χ0v) is 17.8. The maximum atomic E-state index is 13.1. The Balaban J connectivity index is 1.55. The number of aromatic nitrogens is 1. The van der Waals surface area contributed by atoms with Crippen LogP contribution in [0.1, 0.15) is 53.7 Å². The molecule has 0 radical (unpaired) electrons. The first-order valence-corrected chi connectivity index (χ1v) is 10.6. The molecule has 0 bridgehead atoms. The molecule has 166 valence electrons. The Labute approximate surface area is 185 Å². The van der Waals surface area contributed by atoms with E-state index in [1.807, 2.05) is 18.2 Å². The second-order valence-corrected chi connectivity index (χ2v) is 8.40. The van der Waals surface area contributed by atoms with Crippen LogP contribution in [0, 0.1) is 5.92 Å². The average molecular weight is 435 g/mol. The van der Waals surface area contributed by atoms with Gasteiger partial charge in [-0.05, 0) is 48.4 Å². The second kappa shape index (κ2) is 8.78. The first-order chi connectivity index (χ1) is 15.3. The van der Waals surface area contributed by atoms with Crippen LogP contribution in [0.4, 0.5) is 11.4 Å². The summed E-state index contributed by atoms with van der Waals surface area (Å²) in [4.78, 5) is 54.4. The van der Waals surface area contributed by atoms with Crippen molar-refractivity contribution in [2.75, 3.05) is 17.2 Å². The van der Waals surface area contributed by atoms with Crippen LogP contribution >= 0.6 is 0 Å². The summed E-state index contributed by atoms with van der Waals surface area (Å²) < 4.78 is 0. The van der Waals surface area contributed by atoms with Gasteiger partial charge in [-0.3, -0.25) is 24.2 Å². The van der Waals surface area contributed by atoms with Gasteiger partial charge < -0.3 is 21.3 Å². The summed E-state index contributed by atoms with van der Waals surface area (Å²) in [5.41, 5.74) is 8.40. The molecular weight excluding hydrogens is 410 g/mol. The third-order valence-electron chi connectivity index (χ3n) is 5.96. The molecule has 0 unspecified atom stereocenters. The number of rotatable bonds is 3. The van der Waals surface area contributed by atoms with Crippen molar-refractivity contribution in [3.05, 3.63) is 53.3 Å². The summed E-state index contributed by atoms with van der Waals surface area (Å²) >= 11 is 0. The van der Waals surface area contributed by atoms with Gasteiger partial charge in [0.05, 0.1) is 23.5 Å². The van der Waals surface area contributed by atoms with Crippen molar-refractivity contribution in [1.29, 1.82) is 0 Å². The first-order valence-electron chi connectivity index (χ1n) is 10.6. The standard InChI is InChI=1S/C23H25N5O4/c1-13-2-6-19(15-3-5-18-14(8-15)4-7-20(29)27-18)28(12-13)23(32)22(31)26-17-9-16(21(24)30)10-25-11-17/h3,5,8-11,13,19H,2,4,6-7,12H2,1H3,(H2,24,30)(H,26,31)(H,27,29)/t13-,19+/m1/s1. The summed E-state index contributed by atoms with van der Waals surface area (Å²) in [6, 6.07) is 6.94. The highest BCUT2D eigenvalue weighted by atomic mass is 16.2. The number of primary amides is 1. The number of hydrogen-bond donors (Lipinski definition) is 3. The van der Waals surface area contributed by atoms with Gasteiger partial charge in [0, 0.05) is 24.8 Å². The summed E-state index contributed by atoms with van der Waals surface area (Å²) in [7, 11) is 0. The molecule has 0 saturated carbocycles. The SMILES string of the molecule is C[C@@H]1CC[C@@H](c2ccc3c(c2)CCC(=O)N3)N(C(=O)C(=O)Nc2cncc(C(N)=O)c2)C1. The molecule has 1 aromatic heterocycles. The summed E-state index contributed by atoms with van der Waals surface area (Å²) in [5.74, 6) is -1.84. The molecular formula is C23H25N5O4. The Bertz CT molecular complexity index is 1100. The fraction of sp³-hybridized carbons (Fsp3) is 0.348. The van der Waals surface area contributed by atoms with Crippen LogP contribution in [0.25, 0.3) is 0 Å². The molecule has 4 amide bonds. The first kappa shape index (κ1) is 21.5. The summed E-state index contributed by atoms with van der Waals surface area (Å²) in [6.45, 7) is 2.52. The van der Waals surface area contributed by atoms with E-state index in [9.17, 15) is 19.2 Å². The van der Waals surface area contributed by atoms with Gasteiger partial charge in [0.2, 0.25) is 11.8 Å². The van der Waals surface area contributed by atoms with Gasteiger partial charge in [-0.25, -0.2) is 0 Å². The molecule has 3 heterocycles. The number of nitrogens with one attached hydrogen (secondary N) is 2. The number of pyridine rings is 1. The van der Waals surface area contributed by atoms with Gasteiger partial charge in [0.25, 0.3) is 0 Å². The summed E-state index contributed by atoms with van der Waals surface area (Å²) in [6.07, 6.45) is 5.41. The maximum Gasteiger partial charge on any atom is 0.313 e. The number of carbonyl (C=O) groups is 4. The fourth-order valence-electron chi connectivity index (χ4n) is 4.29. The molecule has 4 rings (SSSR count). The number of hydrogen-bond acceptors (Lipinski definition) is 5. The molecule has 2 aliphatic rings. The van der Waals surface area contributed by atoms with E-state index < -0.39 is 17.7 Å². The normalized spacial score (nSPS) is 20.2. The van der Waals surface area contributed by atoms with Crippen LogP contribution in [-0.4, -0.2) is 40.1 Å². The highest BCUT2D eigenvalue weighted by Crippen LogP contribution is 2.36. The lowest BCUT2D eigenvalue weighted by atomic mass is 9.88. The number of benzene rings is 1. The number of aryl methyl sites for hydroxylation is 1. The smallest absolute Gasteiger partial charge is 0.313 e. The highest BCUT2D eigenvalue weighted by molar-refractivity contribution is 6.39. The van der Waals surface area contributed by atoms with Crippen molar-refractivity contribution in [2.24, 2.45) is 11.7 Å². The van der Waals surface area contributed by atoms with Gasteiger partial charge in [-0.2, -0.15) is 0 Å². The molecule has 1 fully saturated rings. The van der Waals surface area contributed by atoms with Crippen LogP contribution in [0.3, 0.4) is 0 Å². The van der Waals surface area contributed by atoms with Crippen molar-refractivity contribution in [3.8, 4) is 0 Å². The van der Waals surface area contributed by atoms with Crippen LogP contribution < -0.4 is 16.4 Å². The van der Waals surface area contributed by atoms with Crippen molar-refractivity contribution < 1.29 is 19.2 Å². The Kier molecular flexibility index (Phi) is 5.89. The second-order valence-electron chi connectivity index (χ2n) is 8.40. The van der Waals surface area contributed by atoms with Crippen molar-refractivity contribution >= 4 is 35.0 Å². The number of piperidine rings is 1. The number of fused-ring (bicyclic) bond motifs is 1. The van der Waals surface area contributed by atoms with E-state index in [4.69, 9.17) is 5.73 Å². The van der Waals surface area contributed by atoms with E-state index >= 15 is 0 Å². The number of amides is 4. The molecule has 2 aromatic rings. The van der Waals surface area contributed by atoms with Gasteiger partial charge >= 0.3 is 11.8 Å². The van der Waals surface area contributed by atoms with E-state index in [0.717, 1.165) is 29.7 Å². The zero-order valence-electron chi connectivity index (χ0n) is 17.8. The molecule has 2 atom stereocenters. The average Bonchev–Trinajstić information content (AvgIpc) is 2.78. The minimum absolute atomic E-state index is 0.000103. The van der Waals surface area contributed by atoms with Crippen molar-refractivity contribution in [2.45, 2.75) is 38.6 Å². The van der Waals surface area contributed by atoms with Gasteiger partial charge in [0.15, 0.2) is 0 Å². The van der Waals surface area contributed by atoms with Crippen LogP contribution in [0.15, 0.2) is 36.7 Å². The molecule has 0 spiro atoms. The molecule has 4 N–H and O–H groups in total. The third kappa shape index (κ3) is 4.46. The minimum atomic E-state index is -0.794. The molecule has 32 heavy (non-hydrogen) atoms. The van der Waals surface area contributed by atoms with Crippen LogP contribution in [0.2, 0.25) is 0 Å².